The number of methoxy groups -OCH3 is 1. The second-order valence-electron chi connectivity index (χ2n) is 7.38. The summed E-state index contributed by atoms with van der Waals surface area (Å²) in [4.78, 5) is 11.7. The number of nitrogens with zero attached hydrogens (tertiary/aromatic N) is 3. The smallest absolute Gasteiger partial charge is 0.221 e. The predicted octanol–water partition coefficient (Wildman–Crippen LogP) is 4.95. The van der Waals surface area contributed by atoms with E-state index in [9.17, 15) is 0 Å². The van der Waals surface area contributed by atoms with Crippen molar-refractivity contribution in [3.8, 4) is 17.0 Å². The van der Waals surface area contributed by atoms with Crippen molar-refractivity contribution in [3.05, 3.63) is 41.5 Å². The highest BCUT2D eigenvalue weighted by molar-refractivity contribution is 7.18. The molecule has 5 heteroatoms. The third kappa shape index (κ3) is 3.10. The molecule has 0 aliphatic heterocycles. The molecule has 0 unspecified atom stereocenters. The van der Waals surface area contributed by atoms with Gasteiger partial charge in [0.2, 0.25) is 5.88 Å². The Morgan fingerprint density at radius 2 is 2.04 bits per heavy atom. The summed E-state index contributed by atoms with van der Waals surface area (Å²) in [5.41, 5.74) is 3.25. The number of aromatic nitrogens is 2. The van der Waals surface area contributed by atoms with Crippen LogP contribution in [-0.2, 0) is 0 Å². The van der Waals surface area contributed by atoms with Crippen molar-refractivity contribution < 1.29 is 4.74 Å². The van der Waals surface area contributed by atoms with E-state index in [-0.39, 0.29) is 0 Å². The molecule has 0 saturated heterocycles. The topological polar surface area (TPSA) is 38.3 Å². The van der Waals surface area contributed by atoms with Gasteiger partial charge in [0.05, 0.1) is 22.3 Å². The monoisotopic (exact) mass is 367 g/mol. The van der Waals surface area contributed by atoms with Crippen molar-refractivity contribution in [2.24, 2.45) is 0 Å². The predicted molar refractivity (Wildman–Crippen MR) is 108 cm³/mol. The van der Waals surface area contributed by atoms with Crippen LogP contribution in [0.4, 0.5) is 0 Å². The molecule has 3 aromatic rings. The Labute approximate surface area is 158 Å². The lowest BCUT2D eigenvalue weighted by Gasteiger charge is -2.42. The highest BCUT2D eigenvalue weighted by atomic mass is 32.1. The van der Waals surface area contributed by atoms with Gasteiger partial charge in [-0.3, -0.25) is 0 Å². The van der Waals surface area contributed by atoms with Gasteiger partial charge < -0.3 is 9.64 Å². The molecule has 2 aromatic heterocycles. The van der Waals surface area contributed by atoms with Crippen molar-refractivity contribution in [1.29, 1.82) is 0 Å². The van der Waals surface area contributed by atoms with E-state index in [2.05, 4.69) is 49.0 Å². The highest BCUT2D eigenvalue weighted by Crippen LogP contribution is 2.43. The van der Waals surface area contributed by atoms with E-state index in [0.29, 0.717) is 23.9 Å². The molecule has 1 saturated carbocycles. The van der Waals surface area contributed by atoms with Gasteiger partial charge in [-0.15, -0.1) is 11.3 Å². The molecular weight excluding hydrogens is 342 g/mol. The van der Waals surface area contributed by atoms with Crippen molar-refractivity contribution >= 4 is 21.6 Å². The second-order valence-corrected chi connectivity index (χ2v) is 8.44. The minimum Gasteiger partial charge on any atom is -0.481 e. The van der Waals surface area contributed by atoms with Gasteiger partial charge in [0, 0.05) is 29.8 Å². The molecule has 2 heterocycles. The Morgan fingerprint density at radius 1 is 1.23 bits per heavy atom. The summed E-state index contributed by atoms with van der Waals surface area (Å²) in [6.45, 7) is 4.53. The largest absolute Gasteiger partial charge is 0.481 e. The molecule has 0 atom stereocenters. The third-order valence-electron chi connectivity index (χ3n) is 5.53. The Bertz CT molecular complexity index is 915. The number of benzene rings is 1. The van der Waals surface area contributed by atoms with Crippen LogP contribution in [0.15, 0.2) is 36.5 Å². The molecule has 0 bridgehead atoms. The summed E-state index contributed by atoms with van der Waals surface area (Å²) in [6, 6.07) is 11.7. The first-order valence-electron chi connectivity index (χ1n) is 9.18. The quantitative estimate of drug-likeness (QED) is 0.639. The molecule has 0 spiro atoms. The van der Waals surface area contributed by atoms with Gasteiger partial charge in [-0.1, -0.05) is 6.07 Å². The number of hydrogen-bond acceptors (Lipinski definition) is 5. The van der Waals surface area contributed by atoms with E-state index in [1.165, 1.54) is 22.5 Å². The van der Waals surface area contributed by atoms with Crippen LogP contribution in [0, 0.1) is 0 Å². The zero-order chi connectivity index (χ0) is 18.3. The lowest BCUT2D eigenvalue weighted by molar-refractivity contribution is 0.108. The summed E-state index contributed by atoms with van der Waals surface area (Å²) >= 11 is 1.83. The maximum atomic E-state index is 5.41. The van der Waals surface area contributed by atoms with Crippen LogP contribution in [-0.4, -0.2) is 41.1 Å². The third-order valence-corrected chi connectivity index (χ3v) is 6.71. The molecule has 136 valence electrons. The van der Waals surface area contributed by atoms with Gasteiger partial charge in [0.25, 0.3) is 0 Å². The summed E-state index contributed by atoms with van der Waals surface area (Å²) in [6.07, 6.45) is 4.20. The summed E-state index contributed by atoms with van der Waals surface area (Å²) in [5, 5.41) is 1.28. The summed E-state index contributed by atoms with van der Waals surface area (Å²) in [5.74, 6) is 1.27. The van der Waals surface area contributed by atoms with Crippen molar-refractivity contribution in [1.82, 2.24) is 14.9 Å². The van der Waals surface area contributed by atoms with Crippen LogP contribution < -0.4 is 4.74 Å². The molecule has 4 nitrogen and oxygen atoms in total. The number of pyridine rings is 1. The minimum absolute atomic E-state index is 0.605. The Morgan fingerprint density at radius 3 is 2.77 bits per heavy atom. The van der Waals surface area contributed by atoms with Crippen molar-refractivity contribution in [2.75, 3.05) is 14.2 Å². The van der Waals surface area contributed by atoms with Crippen LogP contribution >= 0.6 is 11.3 Å². The molecule has 1 aromatic carbocycles. The first-order valence-corrected chi connectivity index (χ1v) is 10.00. The van der Waals surface area contributed by atoms with Gasteiger partial charge in [-0.2, -0.15) is 0 Å². The van der Waals surface area contributed by atoms with E-state index in [4.69, 9.17) is 9.72 Å². The van der Waals surface area contributed by atoms with Crippen LogP contribution in [0.5, 0.6) is 5.88 Å². The van der Waals surface area contributed by atoms with Gasteiger partial charge in [0.1, 0.15) is 0 Å². The van der Waals surface area contributed by atoms with Gasteiger partial charge in [0.15, 0.2) is 0 Å². The zero-order valence-corrected chi connectivity index (χ0v) is 16.6. The fourth-order valence-electron chi connectivity index (χ4n) is 3.60. The number of fused-ring (bicyclic) bond motifs is 1. The second kappa shape index (κ2) is 6.97. The molecule has 0 radical (unpaired) electrons. The standard InChI is InChI=1S/C21H25N3OS/c1-13(2)24(3)16-10-15(11-16)21-23-18-8-7-14(12-19(18)26-21)17-6-5-9-22-20(17)25-4/h5-9,12-13,15-16H,10-11H2,1-4H3. The first kappa shape index (κ1) is 17.4. The van der Waals surface area contributed by atoms with Gasteiger partial charge >= 0.3 is 0 Å². The van der Waals surface area contributed by atoms with E-state index in [1.54, 1.807) is 13.3 Å². The number of ether oxygens (including phenoxy) is 1. The van der Waals surface area contributed by atoms with Crippen LogP contribution in [0.1, 0.15) is 37.6 Å². The van der Waals surface area contributed by atoms with Crippen molar-refractivity contribution in [2.45, 2.75) is 44.7 Å². The van der Waals surface area contributed by atoms with Crippen LogP contribution in [0.2, 0.25) is 0 Å². The summed E-state index contributed by atoms with van der Waals surface area (Å²) < 4.78 is 6.65. The van der Waals surface area contributed by atoms with Gasteiger partial charge in [-0.05, 0) is 63.6 Å². The molecule has 0 amide bonds. The molecule has 1 fully saturated rings. The zero-order valence-electron chi connectivity index (χ0n) is 15.8. The van der Waals surface area contributed by atoms with Crippen LogP contribution in [0.3, 0.4) is 0 Å². The highest BCUT2D eigenvalue weighted by Gasteiger charge is 2.35. The van der Waals surface area contributed by atoms with E-state index >= 15 is 0 Å². The van der Waals surface area contributed by atoms with Crippen LogP contribution in [0.25, 0.3) is 21.3 Å². The number of rotatable bonds is 5. The Hall–Kier alpha value is -1.98. The molecule has 1 aliphatic carbocycles. The fourth-order valence-corrected chi connectivity index (χ4v) is 4.73. The normalized spacial score (nSPS) is 19.9. The lowest BCUT2D eigenvalue weighted by Crippen LogP contribution is -2.44. The maximum absolute atomic E-state index is 5.41. The fraction of sp³-hybridized carbons (Fsp3) is 0.429. The van der Waals surface area contributed by atoms with E-state index in [0.717, 1.165) is 16.6 Å². The Kier molecular flexibility index (Phi) is 4.67. The molecule has 4 rings (SSSR count). The molecule has 0 N–H and O–H groups in total. The Balaban J connectivity index is 1.58. The average molecular weight is 368 g/mol. The lowest BCUT2D eigenvalue weighted by atomic mass is 9.79. The average Bonchev–Trinajstić information content (AvgIpc) is 3.02. The molecular formula is C21H25N3OS. The number of hydrogen-bond donors (Lipinski definition) is 0. The summed E-state index contributed by atoms with van der Waals surface area (Å²) in [7, 11) is 3.90. The first-order chi connectivity index (χ1) is 12.6. The minimum atomic E-state index is 0.605. The number of thiazole rings is 1. The molecule has 26 heavy (non-hydrogen) atoms. The van der Waals surface area contributed by atoms with E-state index in [1.807, 2.05) is 23.5 Å². The molecule has 1 aliphatic rings. The SMILES string of the molecule is COc1ncccc1-c1ccc2nc(C3CC(N(C)C(C)C)C3)sc2c1. The van der Waals surface area contributed by atoms with E-state index < -0.39 is 0 Å². The maximum Gasteiger partial charge on any atom is 0.221 e. The van der Waals surface area contributed by atoms with Gasteiger partial charge in [-0.25, -0.2) is 9.97 Å². The van der Waals surface area contributed by atoms with Crippen molar-refractivity contribution in [3.63, 3.8) is 0 Å².